The molecule has 0 aliphatic heterocycles. The molecular weight excluding hydrogens is 837 g/mol. The predicted molar refractivity (Wildman–Crippen MR) is 297 cm³/mol. The number of allylic oxidation sites excluding steroid dienone is 17. The van der Waals surface area contributed by atoms with Crippen molar-refractivity contribution in [2.24, 2.45) is 0 Å². The van der Waals surface area contributed by atoms with Crippen LogP contribution < -0.4 is 0 Å². The van der Waals surface area contributed by atoms with Crippen molar-refractivity contribution in [2.45, 2.75) is 258 Å². The quantitative estimate of drug-likeness (QED) is 0.0345. The minimum atomic E-state index is -0.605. The van der Waals surface area contributed by atoms with Gasteiger partial charge in [-0.2, -0.15) is 0 Å². The second-order valence-corrected chi connectivity index (χ2v) is 18.5. The molecule has 0 heterocycles. The van der Waals surface area contributed by atoms with Crippen LogP contribution in [0.15, 0.2) is 109 Å². The maximum absolute atomic E-state index is 12.8. The number of hydrogen-bond donors (Lipinski definition) is 0. The number of esters is 2. The Morgan fingerprint density at radius 2 is 0.706 bits per heavy atom. The van der Waals surface area contributed by atoms with Crippen LogP contribution in [-0.2, 0) is 23.8 Å². The van der Waals surface area contributed by atoms with Crippen molar-refractivity contribution >= 4 is 11.9 Å². The van der Waals surface area contributed by atoms with Crippen LogP contribution in [0.1, 0.15) is 252 Å². The average molecular weight is 944 g/mol. The second-order valence-electron chi connectivity index (χ2n) is 18.5. The van der Waals surface area contributed by atoms with E-state index in [0.717, 1.165) is 77.0 Å². The van der Waals surface area contributed by atoms with Gasteiger partial charge in [-0.15, -0.1) is 0 Å². The number of carbonyl (C=O) groups excluding carboxylic acids is 2. The van der Waals surface area contributed by atoms with Crippen LogP contribution in [0.2, 0.25) is 0 Å². The zero-order valence-electron chi connectivity index (χ0n) is 44.6. The lowest BCUT2D eigenvalue weighted by Crippen LogP contribution is -2.29. The molecule has 0 rings (SSSR count). The molecule has 0 aliphatic carbocycles. The van der Waals surface area contributed by atoms with Crippen molar-refractivity contribution < 1.29 is 23.8 Å². The fraction of sp³-hybridized carbons (Fsp3) is 0.683. The van der Waals surface area contributed by atoms with Crippen LogP contribution in [-0.4, -0.2) is 37.9 Å². The van der Waals surface area contributed by atoms with E-state index in [1.54, 1.807) is 0 Å². The molecular formula is C63H106O5. The Morgan fingerprint density at radius 3 is 1.18 bits per heavy atom. The fourth-order valence-electron chi connectivity index (χ4n) is 7.59. The number of ether oxygens (including phenoxy) is 3. The topological polar surface area (TPSA) is 61.8 Å². The van der Waals surface area contributed by atoms with E-state index in [2.05, 4.69) is 118 Å². The number of rotatable bonds is 51. The summed E-state index contributed by atoms with van der Waals surface area (Å²) < 4.78 is 17.3. The summed E-state index contributed by atoms with van der Waals surface area (Å²) >= 11 is 0. The van der Waals surface area contributed by atoms with E-state index in [9.17, 15) is 9.59 Å². The summed E-state index contributed by atoms with van der Waals surface area (Å²) in [7, 11) is 0. The summed E-state index contributed by atoms with van der Waals surface area (Å²) in [5, 5.41) is 0. The first kappa shape index (κ1) is 64.6. The zero-order valence-corrected chi connectivity index (χ0v) is 44.6. The van der Waals surface area contributed by atoms with Gasteiger partial charge in [0.15, 0.2) is 6.10 Å². The van der Waals surface area contributed by atoms with Gasteiger partial charge in [-0.3, -0.25) is 9.59 Å². The molecule has 0 aromatic rings. The van der Waals surface area contributed by atoms with E-state index in [4.69, 9.17) is 14.2 Å². The Labute approximate surface area is 421 Å². The van der Waals surface area contributed by atoms with Gasteiger partial charge in [0.05, 0.1) is 13.0 Å². The molecule has 0 radical (unpaired) electrons. The van der Waals surface area contributed by atoms with Crippen LogP contribution in [0, 0.1) is 0 Å². The molecule has 0 saturated heterocycles. The molecule has 0 saturated carbocycles. The van der Waals surface area contributed by atoms with Crippen LogP contribution >= 0.6 is 0 Å². The van der Waals surface area contributed by atoms with E-state index >= 15 is 0 Å². The third-order valence-corrected chi connectivity index (χ3v) is 11.8. The number of carbonyl (C=O) groups is 2. The molecule has 0 aromatic heterocycles. The largest absolute Gasteiger partial charge is 0.462 e. The number of hydrogen-bond acceptors (Lipinski definition) is 5. The molecule has 0 aliphatic rings. The van der Waals surface area contributed by atoms with Crippen LogP contribution in [0.3, 0.4) is 0 Å². The van der Waals surface area contributed by atoms with Gasteiger partial charge in [0, 0.05) is 13.0 Å². The summed E-state index contributed by atoms with van der Waals surface area (Å²) in [6.07, 6.45) is 79.9. The molecule has 0 amide bonds. The first-order valence-corrected chi connectivity index (χ1v) is 28.4. The van der Waals surface area contributed by atoms with Crippen LogP contribution in [0.4, 0.5) is 0 Å². The highest BCUT2D eigenvalue weighted by Gasteiger charge is 2.17. The van der Waals surface area contributed by atoms with E-state index in [1.165, 1.54) is 141 Å². The van der Waals surface area contributed by atoms with Crippen LogP contribution in [0.5, 0.6) is 0 Å². The average Bonchev–Trinajstić information content (AvgIpc) is 3.34. The normalized spacial score (nSPS) is 13.0. The highest BCUT2D eigenvalue weighted by molar-refractivity contribution is 5.71. The van der Waals surface area contributed by atoms with Gasteiger partial charge in [0.25, 0.3) is 0 Å². The van der Waals surface area contributed by atoms with Crippen LogP contribution in [0.25, 0.3) is 0 Å². The summed E-state index contributed by atoms with van der Waals surface area (Å²) in [6.45, 7) is 7.56. The molecule has 388 valence electrons. The van der Waals surface area contributed by atoms with Gasteiger partial charge in [0.2, 0.25) is 0 Å². The molecule has 1 atom stereocenters. The van der Waals surface area contributed by atoms with E-state index in [0.29, 0.717) is 13.0 Å². The third-order valence-electron chi connectivity index (χ3n) is 11.8. The standard InChI is InChI=1S/C63H106O5/c1-4-7-10-13-16-19-22-25-28-30-31-32-34-37-40-43-46-49-52-55-58-66-59-61(68-63(65)57-54-51-48-45-42-39-35-27-24-21-18-15-12-9-6-3)60-67-62(64)56-53-50-47-44-41-38-36-33-29-26-23-20-17-14-11-8-5-2/h9,12,16,18-19,21,25-29,31-32,35,42,45,51,54,61H,4-8,10-11,13-15,17,20,22-24,30,33-34,36-41,43-44,46-50,52-53,55-60H2,1-3H3/b12-9-,19-16-,21-18-,28-25-,29-26-,32-31-,35-27-,45-42-,54-51-. The Morgan fingerprint density at radius 1 is 0.353 bits per heavy atom. The molecule has 5 heteroatoms. The Balaban J connectivity index is 4.40. The summed E-state index contributed by atoms with van der Waals surface area (Å²) in [5.41, 5.74) is 0. The molecule has 0 N–H and O–H groups in total. The molecule has 68 heavy (non-hydrogen) atoms. The smallest absolute Gasteiger partial charge is 0.310 e. The molecule has 5 nitrogen and oxygen atoms in total. The maximum Gasteiger partial charge on any atom is 0.310 e. The first-order valence-electron chi connectivity index (χ1n) is 28.4. The van der Waals surface area contributed by atoms with Gasteiger partial charge < -0.3 is 14.2 Å². The Hall–Kier alpha value is -3.44. The van der Waals surface area contributed by atoms with Crippen molar-refractivity contribution in [3.63, 3.8) is 0 Å². The van der Waals surface area contributed by atoms with Crippen molar-refractivity contribution in [1.29, 1.82) is 0 Å². The summed E-state index contributed by atoms with van der Waals surface area (Å²) in [5.74, 6) is -0.555. The molecule has 0 bridgehead atoms. The van der Waals surface area contributed by atoms with E-state index in [1.807, 2.05) is 12.2 Å². The maximum atomic E-state index is 12.8. The summed E-state index contributed by atoms with van der Waals surface area (Å²) in [4.78, 5) is 25.4. The van der Waals surface area contributed by atoms with Gasteiger partial charge in [-0.1, -0.05) is 239 Å². The monoisotopic (exact) mass is 943 g/mol. The molecule has 0 aromatic carbocycles. The minimum absolute atomic E-state index is 0.0341. The van der Waals surface area contributed by atoms with Crippen molar-refractivity contribution in [3.05, 3.63) is 109 Å². The minimum Gasteiger partial charge on any atom is -0.462 e. The summed E-state index contributed by atoms with van der Waals surface area (Å²) in [6, 6.07) is 0. The van der Waals surface area contributed by atoms with Crippen molar-refractivity contribution in [3.8, 4) is 0 Å². The fourth-order valence-corrected chi connectivity index (χ4v) is 7.59. The van der Waals surface area contributed by atoms with Crippen molar-refractivity contribution in [1.82, 2.24) is 0 Å². The lowest BCUT2D eigenvalue weighted by atomic mass is 10.1. The van der Waals surface area contributed by atoms with Gasteiger partial charge in [-0.05, 0) is 109 Å². The van der Waals surface area contributed by atoms with E-state index in [-0.39, 0.29) is 31.6 Å². The van der Waals surface area contributed by atoms with Gasteiger partial charge in [-0.25, -0.2) is 0 Å². The van der Waals surface area contributed by atoms with Gasteiger partial charge in [0.1, 0.15) is 6.61 Å². The first-order chi connectivity index (χ1) is 33.6. The molecule has 0 spiro atoms. The Kier molecular flexibility index (Phi) is 54.9. The lowest BCUT2D eigenvalue weighted by Gasteiger charge is -2.18. The number of unbranched alkanes of at least 4 members (excludes halogenated alkanes) is 23. The Bertz CT molecular complexity index is 1340. The molecule has 1 unspecified atom stereocenters. The zero-order chi connectivity index (χ0) is 49.2. The SMILES string of the molecule is CC/C=C\C/C=C\C/C=C\C/C=C\C/C=C\CC(=O)OC(COCCCCCCCCC/C=C\C/C=C\C/C=C\CCCCC)COC(=O)CCCCCCCCC/C=C\CCCCCCCC. The van der Waals surface area contributed by atoms with Gasteiger partial charge >= 0.3 is 11.9 Å². The predicted octanol–water partition coefficient (Wildman–Crippen LogP) is 19.6. The highest BCUT2D eigenvalue weighted by Crippen LogP contribution is 2.13. The highest BCUT2D eigenvalue weighted by atomic mass is 16.6. The third kappa shape index (κ3) is 55.2. The second kappa shape index (κ2) is 57.9. The van der Waals surface area contributed by atoms with E-state index < -0.39 is 6.10 Å². The van der Waals surface area contributed by atoms with Crippen molar-refractivity contribution in [2.75, 3.05) is 19.8 Å². The lowest BCUT2D eigenvalue weighted by molar-refractivity contribution is -0.162. The molecule has 0 fully saturated rings.